The average Bonchev–Trinajstić information content (AvgIpc) is 3.10. The van der Waals surface area contributed by atoms with Gasteiger partial charge in [0.05, 0.1) is 0 Å². The Morgan fingerprint density at radius 3 is 2.70 bits per heavy atom. The zero-order chi connectivity index (χ0) is 21.5. The zero-order valence-corrected chi connectivity index (χ0v) is 20.8. The number of benzene rings is 2. The Morgan fingerprint density at radius 2 is 1.97 bits per heavy atom. The minimum absolute atomic E-state index is 0.230. The van der Waals surface area contributed by atoms with Crippen molar-refractivity contribution >= 4 is 59.1 Å². The Bertz CT molecular complexity index is 1180. The standard InChI is InChI=1S/C20H19F3I2N2O2S/c21-20(22,23)14-5-3-4-13(10-14)12-25-9-2-1-6-16(25)19-26-17-8-7-15(30(24,28)29)11-18(17)27-19/h3-5,7-8,10-11,16H,1-2,6,9,12H2,(H,26,27). The monoisotopic (exact) mass is 662 g/mol. The van der Waals surface area contributed by atoms with E-state index in [4.69, 9.17) is 4.98 Å². The van der Waals surface area contributed by atoms with E-state index in [9.17, 15) is 21.6 Å². The van der Waals surface area contributed by atoms with Gasteiger partial charge >= 0.3 is 193 Å². The van der Waals surface area contributed by atoms with Gasteiger partial charge in [-0.3, -0.25) is 0 Å². The Kier molecular flexibility index (Phi) is 6.37. The molecule has 1 unspecified atom stereocenters. The van der Waals surface area contributed by atoms with E-state index in [1.54, 1.807) is 24.3 Å². The molecule has 0 aliphatic carbocycles. The normalized spacial score (nSPS) is 19.3. The molecule has 1 N–H and O–H groups in total. The van der Waals surface area contributed by atoms with Crippen LogP contribution in [0.2, 0.25) is 0 Å². The van der Waals surface area contributed by atoms with E-state index in [0.29, 0.717) is 15.5 Å². The number of hydrogen-bond donors (Lipinski definition) is 1. The van der Waals surface area contributed by atoms with Gasteiger partial charge in [0.25, 0.3) is 0 Å². The molecule has 0 saturated carbocycles. The summed E-state index contributed by atoms with van der Waals surface area (Å²) >= 11 is -0.247. The molecule has 10 heteroatoms. The fourth-order valence-electron chi connectivity index (χ4n) is 3.66. The van der Waals surface area contributed by atoms with Crippen LogP contribution in [0.5, 0.6) is 0 Å². The summed E-state index contributed by atoms with van der Waals surface area (Å²) in [5.74, 6) is 0.852. The predicted octanol–water partition coefficient (Wildman–Crippen LogP) is 6.64. The first-order valence-electron chi connectivity index (χ1n) is 9.32. The van der Waals surface area contributed by atoms with Crippen molar-refractivity contribution < 1.29 is 21.6 Å². The number of nitrogens with one attached hydrogen (secondary N) is 1. The fraction of sp³-hybridized carbons (Fsp3) is 0.350. The van der Waals surface area contributed by atoms with Gasteiger partial charge in [0, 0.05) is 0 Å². The van der Waals surface area contributed by atoms with Gasteiger partial charge in [0.1, 0.15) is 0 Å². The molecular formula is C20H19F3I2N2O2S. The molecule has 0 bridgehead atoms. The van der Waals surface area contributed by atoms with Crippen molar-refractivity contribution in [2.75, 3.05) is 4.43 Å². The van der Waals surface area contributed by atoms with Gasteiger partial charge in [-0.1, -0.05) is 0 Å². The third-order valence-corrected chi connectivity index (χ3v) is 14.8. The number of nitrogens with zero attached hydrogens (tertiary/aromatic N) is 1. The molecule has 1 fully saturated rings. The van der Waals surface area contributed by atoms with Crippen LogP contribution in [-0.4, -0.2) is 22.8 Å². The molecule has 1 aliphatic heterocycles. The summed E-state index contributed by atoms with van der Waals surface area (Å²) in [4.78, 5) is 8.25. The van der Waals surface area contributed by atoms with Crippen LogP contribution in [0.1, 0.15) is 40.1 Å². The summed E-state index contributed by atoms with van der Waals surface area (Å²) in [6.45, 7) is 0. The van der Waals surface area contributed by atoms with E-state index < -0.39 is 38.6 Å². The van der Waals surface area contributed by atoms with Crippen LogP contribution in [0, 0.1) is 0 Å². The van der Waals surface area contributed by atoms with Crippen molar-refractivity contribution in [3.63, 3.8) is 0 Å². The zero-order valence-electron chi connectivity index (χ0n) is 15.7. The number of rotatable bonds is 4. The van der Waals surface area contributed by atoms with Gasteiger partial charge in [0.2, 0.25) is 0 Å². The van der Waals surface area contributed by atoms with Crippen LogP contribution in [0.15, 0.2) is 47.4 Å². The summed E-state index contributed by atoms with van der Waals surface area (Å²) in [6.07, 6.45) is -1.18. The Hall–Kier alpha value is -0.890. The molecule has 162 valence electrons. The van der Waals surface area contributed by atoms with E-state index >= 15 is 0 Å². The van der Waals surface area contributed by atoms with Crippen LogP contribution in [0.4, 0.5) is 13.2 Å². The van der Waals surface area contributed by atoms with E-state index in [1.807, 2.05) is 0 Å². The quantitative estimate of drug-likeness (QED) is 0.194. The molecule has 2 aromatic carbocycles. The second kappa shape index (κ2) is 8.57. The number of fused-ring (bicyclic) bond motifs is 1. The third kappa shape index (κ3) is 4.95. The first-order chi connectivity index (χ1) is 14.1. The molecule has 0 amide bonds. The molecule has 0 spiro atoms. The molecule has 3 aromatic rings. The van der Waals surface area contributed by atoms with Crippen molar-refractivity contribution in [1.29, 1.82) is 0 Å². The third-order valence-electron chi connectivity index (χ3n) is 5.09. The van der Waals surface area contributed by atoms with Gasteiger partial charge in [-0.25, -0.2) is 0 Å². The number of H-pyrrole nitrogens is 1. The second-order valence-electron chi connectivity index (χ2n) is 7.22. The number of imidazole rings is 1. The van der Waals surface area contributed by atoms with Crippen molar-refractivity contribution in [2.24, 2.45) is 0 Å². The Labute approximate surface area is 191 Å². The molecule has 0 radical (unpaired) electrons. The predicted molar refractivity (Wildman–Crippen MR) is 128 cm³/mol. The van der Waals surface area contributed by atoms with E-state index in [-0.39, 0.29) is 8.82 Å². The first-order valence-corrected chi connectivity index (χ1v) is 17.6. The van der Waals surface area contributed by atoms with Crippen molar-refractivity contribution in [1.82, 2.24) is 9.97 Å². The molecule has 4 nitrogen and oxygen atoms in total. The van der Waals surface area contributed by atoms with Crippen molar-refractivity contribution in [2.45, 2.75) is 38.7 Å². The van der Waals surface area contributed by atoms with Crippen molar-refractivity contribution in [3.8, 4) is 0 Å². The summed E-state index contributed by atoms with van der Waals surface area (Å²) in [5, 5.41) is 0. The molecular weight excluding hydrogens is 643 g/mol. The van der Waals surface area contributed by atoms with Crippen LogP contribution in [0.25, 0.3) is 11.0 Å². The summed E-state index contributed by atoms with van der Waals surface area (Å²) in [7, 11) is -3.34. The molecule has 30 heavy (non-hydrogen) atoms. The first kappa shape index (κ1) is 22.3. The summed E-state index contributed by atoms with van der Waals surface area (Å²) < 4.78 is 64.9. The van der Waals surface area contributed by atoms with Gasteiger partial charge in [-0.2, -0.15) is 0 Å². The number of aromatic nitrogens is 2. The fourth-order valence-corrected chi connectivity index (χ4v) is 12.2. The summed E-state index contributed by atoms with van der Waals surface area (Å²) in [5.41, 5.74) is 1.55. The van der Waals surface area contributed by atoms with E-state index in [0.717, 1.165) is 41.1 Å². The van der Waals surface area contributed by atoms with Gasteiger partial charge in [-0.15, -0.1) is 0 Å². The summed E-state index contributed by atoms with van der Waals surface area (Å²) in [6, 6.07) is 10.5. The van der Waals surface area contributed by atoms with E-state index in [2.05, 4.69) is 4.98 Å². The maximum atomic E-state index is 13.1. The second-order valence-corrected chi connectivity index (χ2v) is 18.2. The SMILES string of the molecule is O=S(=O)(I)c1ccc2nc(C3CCCCI3Cc3cccc(C(F)(F)F)c3)[nH]c2c1. The maximum absolute atomic E-state index is 13.1. The number of hydrogen-bond acceptors (Lipinski definition) is 3. The van der Waals surface area contributed by atoms with Crippen LogP contribution in [-0.2, 0) is 17.6 Å². The number of halogens is 5. The van der Waals surface area contributed by atoms with Crippen LogP contribution >= 0.6 is 41.0 Å². The average molecular weight is 662 g/mol. The Morgan fingerprint density at radius 1 is 1.17 bits per heavy atom. The van der Waals surface area contributed by atoms with Gasteiger partial charge in [0.15, 0.2) is 0 Å². The van der Waals surface area contributed by atoms with Crippen LogP contribution < -0.4 is 0 Å². The van der Waals surface area contributed by atoms with Gasteiger partial charge < -0.3 is 0 Å². The van der Waals surface area contributed by atoms with Crippen LogP contribution in [0.3, 0.4) is 0 Å². The molecule has 1 atom stereocenters. The van der Waals surface area contributed by atoms with Crippen molar-refractivity contribution in [3.05, 3.63) is 59.4 Å². The molecule has 1 aromatic heterocycles. The number of aromatic amines is 1. The number of alkyl halides is 6. The molecule has 1 saturated heterocycles. The molecule has 2 heterocycles. The molecule has 4 rings (SSSR count). The topological polar surface area (TPSA) is 62.8 Å². The molecule has 1 aliphatic rings. The van der Waals surface area contributed by atoms with Gasteiger partial charge in [-0.05, 0) is 0 Å². The minimum atomic E-state index is -4.33. The Balaban J connectivity index is 1.63. The van der Waals surface area contributed by atoms with E-state index in [1.165, 1.54) is 33.3 Å².